The van der Waals surface area contributed by atoms with E-state index in [2.05, 4.69) is 12.2 Å². The van der Waals surface area contributed by atoms with Gasteiger partial charge in [0.25, 0.3) is 0 Å². The summed E-state index contributed by atoms with van der Waals surface area (Å²) < 4.78 is 25.4. The second-order valence-corrected chi connectivity index (χ2v) is 15.8. The van der Waals surface area contributed by atoms with Gasteiger partial charge in [-0.1, -0.05) is 48.5 Å². The number of methoxy groups -OCH3 is 1. The first-order valence-electron chi connectivity index (χ1n) is 19.2. The third-order valence-electron chi connectivity index (χ3n) is 10.5. The molecular formula is C43H67NO11. The van der Waals surface area contributed by atoms with Crippen LogP contribution in [0.5, 0.6) is 17.2 Å². The number of esters is 3. The molecule has 2 aliphatic heterocycles. The molecule has 3 N–H and O–H groups in total. The van der Waals surface area contributed by atoms with Crippen LogP contribution in [0.1, 0.15) is 108 Å². The van der Waals surface area contributed by atoms with E-state index >= 15 is 0 Å². The van der Waals surface area contributed by atoms with E-state index in [4.69, 9.17) is 33.9 Å². The van der Waals surface area contributed by atoms with Gasteiger partial charge >= 0.3 is 17.9 Å². The molecule has 2 aromatic carbocycles. The minimum absolute atomic E-state index is 0.00399. The van der Waals surface area contributed by atoms with E-state index in [9.17, 15) is 19.2 Å². The summed E-state index contributed by atoms with van der Waals surface area (Å²) in [5.74, 6) is 0.641. The number of anilines is 1. The fourth-order valence-electron chi connectivity index (χ4n) is 4.72. The zero-order valence-electron chi connectivity index (χ0n) is 35.2. The third-order valence-corrected chi connectivity index (χ3v) is 10.5. The molecule has 4 rings (SSSR count). The zero-order valence-corrected chi connectivity index (χ0v) is 35.2. The number of aromatic hydroxyl groups is 2. The molecule has 2 aliphatic rings. The molecule has 0 radical (unpaired) electrons. The summed E-state index contributed by atoms with van der Waals surface area (Å²) in [5.41, 5.74) is -0.854. The van der Waals surface area contributed by atoms with E-state index < -0.39 is 5.41 Å². The van der Waals surface area contributed by atoms with Crippen molar-refractivity contribution in [2.75, 3.05) is 38.9 Å². The quantitative estimate of drug-likeness (QED) is 0.0772. The van der Waals surface area contributed by atoms with E-state index in [0.717, 1.165) is 38.7 Å². The Balaban J connectivity index is 0.000000368. The second-order valence-electron chi connectivity index (χ2n) is 15.8. The molecule has 0 bridgehead atoms. The number of epoxide rings is 1. The SMILES string of the molecule is CCC(C)(C)C(=O)Nc1ccc(O)cc1.CCC(C)(C)C(=O)OCC1CO1.CCC(C)(C)C(=O)Oc1ccc(O)cc1.CCC1COCC1(CC)C(=O)OC. The largest absolute Gasteiger partial charge is 0.508 e. The zero-order chi connectivity index (χ0) is 42.0. The minimum atomic E-state index is -0.474. The van der Waals surface area contributed by atoms with Gasteiger partial charge in [-0.2, -0.15) is 0 Å². The Bertz CT molecular complexity index is 1410. The summed E-state index contributed by atoms with van der Waals surface area (Å²) in [6.45, 7) is 23.7. The molecule has 0 aliphatic carbocycles. The number of rotatable bonds is 13. The summed E-state index contributed by atoms with van der Waals surface area (Å²) in [7, 11) is 1.45. The highest BCUT2D eigenvalue weighted by molar-refractivity contribution is 5.94. The summed E-state index contributed by atoms with van der Waals surface area (Å²) in [6.07, 6.45) is 4.26. The van der Waals surface area contributed by atoms with Gasteiger partial charge in [0, 0.05) is 17.0 Å². The topological polar surface area (TPSA) is 170 Å². The van der Waals surface area contributed by atoms with Crippen LogP contribution in [-0.2, 0) is 38.1 Å². The Morgan fingerprint density at radius 1 is 0.764 bits per heavy atom. The van der Waals surface area contributed by atoms with Crippen molar-refractivity contribution in [3.8, 4) is 17.2 Å². The van der Waals surface area contributed by atoms with E-state index in [1.54, 1.807) is 36.4 Å². The van der Waals surface area contributed by atoms with Crippen molar-refractivity contribution in [2.24, 2.45) is 27.6 Å². The molecule has 55 heavy (non-hydrogen) atoms. The first-order chi connectivity index (χ1) is 25.7. The van der Waals surface area contributed by atoms with Crippen molar-refractivity contribution in [2.45, 2.75) is 114 Å². The lowest BCUT2D eigenvalue weighted by molar-refractivity contribution is -0.155. The fourth-order valence-corrected chi connectivity index (χ4v) is 4.72. The molecule has 3 unspecified atom stereocenters. The van der Waals surface area contributed by atoms with Crippen molar-refractivity contribution in [3.63, 3.8) is 0 Å². The summed E-state index contributed by atoms with van der Waals surface area (Å²) in [6, 6.07) is 12.6. The number of phenols is 2. The van der Waals surface area contributed by atoms with Crippen LogP contribution in [0, 0.1) is 27.6 Å². The Kier molecular flexibility index (Phi) is 19.9. The Hall–Kier alpha value is -4.16. The van der Waals surface area contributed by atoms with Crippen LogP contribution in [0.4, 0.5) is 5.69 Å². The molecule has 12 heteroatoms. The summed E-state index contributed by atoms with van der Waals surface area (Å²) in [5, 5.41) is 21.0. The number of benzene rings is 2. The van der Waals surface area contributed by atoms with Gasteiger partial charge in [-0.05, 0) is 108 Å². The molecule has 0 saturated carbocycles. The first-order valence-corrected chi connectivity index (χ1v) is 19.2. The normalized spacial score (nSPS) is 18.8. The minimum Gasteiger partial charge on any atom is -0.508 e. The lowest BCUT2D eigenvalue weighted by atomic mass is 9.74. The summed E-state index contributed by atoms with van der Waals surface area (Å²) in [4.78, 5) is 46.4. The molecule has 3 atom stereocenters. The van der Waals surface area contributed by atoms with E-state index in [1.165, 1.54) is 19.2 Å². The number of phenolic OH excluding ortho intramolecular Hbond substituents is 2. The molecule has 0 aromatic heterocycles. The third kappa shape index (κ3) is 15.8. The van der Waals surface area contributed by atoms with Crippen LogP contribution in [-0.4, -0.2) is 73.7 Å². The van der Waals surface area contributed by atoms with Crippen LogP contribution in [0.3, 0.4) is 0 Å². The Labute approximate surface area is 328 Å². The van der Waals surface area contributed by atoms with Crippen LogP contribution >= 0.6 is 0 Å². The highest BCUT2D eigenvalue weighted by Crippen LogP contribution is 2.40. The van der Waals surface area contributed by atoms with Gasteiger partial charge in [0.1, 0.15) is 30.0 Å². The first kappa shape index (κ1) is 48.9. The molecule has 12 nitrogen and oxygen atoms in total. The van der Waals surface area contributed by atoms with Gasteiger partial charge in [-0.3, -0.25) is 19.2 Å². The van der Waals surface area contributed by atoms with Crippen molar-refractivity contribution in [1.29, 1.82) is 0 Å². The molecule has 2 fully saturated rings. The predicted octanol–water partition coefficient (Wildman–Crippen LogP) is 8.48. The maximum absolute atomic E-state index is 11.8. The average Bonchev–Trinajstić information content (AvgIpc) is 3.91. The number of carbonyl (C=O) groups excluding carboxylic acids is 4. The van der Waals surface area contributed by atoms with E-state index in [0.29, 0.717) is 37.2 Å². The fraction of sp³-hybridized carbons (Fsp3) is 0.628. The Morgan fingerprint density at radius 2 is 1.25 bits per heavy atom. The van der Waals surface area contributed by atoms with Crippen molar-refractivity contribution in [3.05, 3.63) is 48.5 Å². The maximum atomic E-state index is 11.8. The Morgan fingerprint density at radius 3 is 1.69 bits per heavy atom. The average molecular weight is 774 g/mol. The molecule has 2 saturated heterocycles. The predicted molar refractivity (Wildman–Crippen MR) is 213 cm³/mol. The molecule has 0 spiro atoms. The van der Waals surface area contributed by atoms with Gasteiger partial charge in [0.05, 0.1) is 43.2 Å². The van der Waals surface area contributed by atoms with Crippen LogP contribution in [0.2, 0.25) is 0 Å². The van der Waals surface area contributed by atoms with E-state index in [-0.39, 0.29) is 57.7 Å². The molecular weight excluding hydrogens is 706 g/mol. The lowest BCUT2D eigenvalue weighted by Crippen LogP contribution is -2.38. The van der Waals surface area contributed by atoms with Gasteiger partial charge in [0.2, 0.25) is 5.91 Å². The highest BCUT2D eigenvalue weighted by atomic mass is 16.6. The summed E-state index contributed by atoms with van der Waals surface area (Å²) >= 11 is 0. The van der Waals surface area contributed by atoms with Gasteiger partial charge in [-0.25, -0.2) is 0 Å². The van der Waals surface area contributed by atoms with Gasteiger partial charge in [0.15, 0.2) is 0 Å². The van der Waals surface area contributed by atoms with Gasteiger partial charge in [-0.15, -0.1) is 0 Å². The molecule has 1 amide bonds. The molecule has 310 valence electrons. The maximum Gasteiger partial charge on any atom is 0.316 e. The number of nitrogens with one attached hydrogen (secondary N) is 1. The number of carbonyl (C=O) groups is 4. The van der Waals surface area contributed by atoms with Crippen molar-refractivity contribution in [1.82, 2.24) is 0 Å². The van der Waals surface area contributed by atoms with Gasteiger partial charge < -0.3 is 39.2 Å². The van der Waals surface area contributed by atoms with E-state index in [1.807, 2.05) is 69.2 Å². The molecule has 2 aromatic rings. The van der Waals surface area contributed by atoms with Crippen LogP contribution in [0.25, 0.3) is 0 Å². The number of ether oxygens (including phenoxy) is 5. The highest BCUT2D eigenvalue weighted by Gasteiger charge is 2.48. The monoisotopic (exact) mass is 773 g/mol. The molecule has 2 heterocycles. The number of amides is 1. The number of hydrogen-bond donors (Lipinski definition) is 3. The van der Waals surface area contributed by atoms with Crippen LogP contribution < -0.4 is 10.1 Å². The number of hydrogen-bond acceptors (Lipinski definition) is 11. The van der Waals surface area contributed by atoms with Crippen molar-refractivity contribution >= 4 is 29.5 Å². The van der Waals surface area contributed by atoms with Crippen molar-refractivity contribution < 1.29 is 53.1 Å². The smallest absolute Gasteiger partial charge is 0.316 e. The lowest BCUT2D eigenvalue weighted by Gasteiger charge is -2.28. The standard InChI is InChI=1S/C12H17NO2.C12H16O3.C10H18O3.C9H16O3/c1-4-12(2,3)11(15)13-9-5-7-10(14)8-6-9;1-4-12(2,3)11(14)15-10-7-5-9(13)6-8-10;1-4-8-6-13-7-10(8,5-2)9(11)12-3;1-4-9(2,3)8(10)12-6-7-5-11-7/h5-8,14H,4H2,1-3H3,(H,13,15);5-8,13H,4H2,1-3H3;8H,4-7H2,1-3H3;7H,4-6H2,1-3H3. The van der Waals surface area contributed by atoms with Crippen LogP contribution in [0.15, 0.2) is 48.5 Å². The second kappa shape index (κ2) is 22.4.